The highest BCUT2D eigenvalue weighted by Gasteiger charge is 2.57. The number of carbonyl (C=O) groups is 2. The Morgan fingerprint density at radius 3 is 1.62 bits per heavy atom. The molecule has 88 valence electrons. The Balaban J connectivity index is 2.46. The van der Waals surface area contributed by atoms with Crippen molar-refractivity contribution in [1.82, 2.24) is 0 Å². The van der Waals surface area contributed by atoms with Gasteiger partial charge in [0.15, 0.2) is 0 Å². The number of carboxylic acids is 2. The van der Waals surface area contributed by atoms with Gasteiger partial charge in [-0.3, -0.25) is 9.59 Å². The molecule has 2 bridgehead atoms. The van der Waals surface area contributed by atoms with Crippen LogP contribution in [0.2, 0.25) is 0 Å². The minimum atomic E-state index is -0.960. The standard InChI is InChI=1S/C12H16O4/c1-5(2)8-6-3-4-7(8)10(12(15)16)9(6)11(13)14/h6-7,9-10H,3-4H2,1-2H3,(H,13,14)(H,15,16)/t6-,7+,9+,10-. The van der Waals surface area contributed by atoms with Crippen molar-refractivity contribution >= 4 is 11.9 Å². The molecule has 0 saturated heterocycles. The van der Waals surface area contributed by atoms with Crippen LogP contribution in [0.4, 0.5) is 0 Å². The largest absolute Gasteiger partial charge is 0.481 e. The third kappa shape index (κ3) is 1.36. The summed E-state index contributed by atoms with van der Waals surface area (Å²) in [6.45, 7) is 3.90. The highest BCUT2D eigenvalue weighted by molar-refractivity contribution is 5.83. The number of aliphatic carboxylic acids is 2. The summed E-state index contributed by atoms with van der Waals surface area (Å²) in [7, 11) is 0. The molecule has 0 unspecified atom stereocenters. The third-order valence-corrected chi connectivity index (χ3v) is 3.99. The average Bonchev–Trinajstić information content (AvgIpc) is 2.70. The van der Waals surface area contributed by atoms with Gasteiger partial charge in [-0.25, -0.2) is 0 Å². The summed E-state index contributed by atoms with van der Waals surface area (Å²) in [6, 6.07) is 0. The van der Waals surface area contributed by atoms with Crippen LogP contribution < -0.4 is 0 Å². The maximum atomic E-state index is 11.2. The first-order chi connectivity index (χ1) is 7.45. The molecule has 2 N–H and O–H groups in total. The van der Waals surface area contributed by atoms with Crippen LogP contribution in [0.15, 0.2) is 11.1 Å². The fourth-order valence-corrected chi connectivity index (χ4v) is 3.58. The molecule has 0 aromatic rings. The molecule has 2 rings (SSSR count). The smallest absolute Gasteiger partial charge is 0.308 e. The van der Waals surface area contributed by atoms with Crippen LogP contribution >= 0.6 is 0 Å². The molecule has 2 aliphatic rings. The number of hydrogen-bond donors (Lipinski definition) is 2. The van der Waals surface area contributed by atoms with Gasteiger partial charge in [-0.1, -0.05) is 11.1 Å². The zero-order valence-electron chi connectivity index (χ0n) is 9.43. The molecule has 2 fully saturated rings. The van der Waals surface area contributed by atoms with Crippen molar-refractivity contribution in [2.75, 3.05) is 0 Å². The predicted molar refractivity (Wildman–Crippen MR) is 56.8 cm³/mol. The minimum absolute atomic E-state index is 0.0476. The van der Waals surface area contributed by atoms with E-state index in [1.54, 1.807) is 0 Å². The van der Waals surface area contributed by atoms with Crippen LogP contribution in [0.3, 0.4) is 0 Å². The first-order valence-electron chi connectivity index (χ1n) is 5.58. The summed E-state index contributed by atoms with van der Waals surface area (Å²) in [6.07, 6.45) is 1.65. The molecule has 4 heteroatoms. The lowest BCUT2D eigenvalue weighted by molar-refractivity contribution is -0.156. The maximum Gasteiger partial charge on any atom is 0.308 e. The van der Waals surface area contributed by atoms with Gasteiger partial charge in [-0.2, -0.15) is 0 Å². The van der Waals surface area contributed by atoms with Gasteiger partial charge in [0.25, 0.3) is 0 Å². The lowest BCUT2D eigenvalue weighted by Gasteiger charge is -2.23. The van der Waals surface area contributed by atoms with E-state index in [1.807, 2.05) is 13.8 Å². The topological polar surface area (TPSA) is 74.6 Å². The Labute approximate surface area is 94.0 Å². The van der Waals surface area contributed by atoms with Crippen molar-refractivity contribution in [2.24, 2.45) is 23.7 Å². The maximum absolute atomic E-state index is 11.2. The number of rotatable bonds is 2. The van der Waals surface area contributed by atoms with Crippen LogP contribution in [-0.4, -0.2) is 22.2 Å². The number of carboxylic acid groups (broad SMARTS) is 2. The van der Waals surface area contributed by atoms with Crippen molar-refractivity contribution in [1.29, 1.82) is 0 Å². The molecule has 0 aromatic carbocycles. The SMILES string of the molecule is CC(C)=C1[C@H]2CC[C@@H]1[C@@H](C(=O)O)[C@H]2C(=O)O. The number of hydrogen-bond acceptors (Lipinski definition) is 2. The van der Waals surface area contributed by atoms with E-state index in [0.29, 0.717) is 0 Å². The van der Waals surface area contributed by atoms with Gasteiger partial charge < -0.3 is 10.2 Å². The number of allylic oxidation sites excluding steroid dienone is 2. The van der Waals surface area contributed by atoms with Crippen LogP contribution in [0.1, 0.15) is 26.7 Å². The monoisotopic (exact) mass is 224 g/mol. The first-order valence-corrected chi connectivity index (χ1v) is 5.58. The van der Waals surface area contributed by atoms with Gasteiger partial charge in [-0.15, -0.1) is 0 Å². The lowest BCUT2D eigenvalue weighted by Crippen LogP contribution is -2.34. The van der Waals surface area contributed by atoms with Gasteiger partial charge in [-0.05, 0) is 38.5 Å². The van der Waals surface area contributed by atoms with Gasteiger partial charge >= 0.3 is 11.9 Å². The quantitative estimate of drug-likeness (QED) is 0.701. The highest BCUT2D eigenvalue weighted by Crippen LogP contribution is 2.56. The molecule has 0 radical (unpaired) electrons. The van der Waals surface area contributed by atoms with E-state index in [2.05, 4.69) is 0 Å². The van der Waals surface area contributed by atoms with E-state index in [1.165, 1.54) is 0 Å². The molecular weight excluding hydrogens is 208 g/mol. The van der Waals surface area contributed by atoms with Crippen LogP contribution in [0.5, 0.6) is 0 Å². The van der Waals surface area contributed by atoms with Crippen molar-refractivity contribution < 1.29 is 19.8 Å². The molecule has 2 aliphatic carbocycles. The van der Waals surface area contributed by atoms with E-state index in [-0.39, 0.29) is 11.8 Å². The van der Waals surface area contributed by atoms with Crippen LogP contribution in [0.25, 0.3) is 0 Å². The number of fused-ring (bicyclic) bond motifs is 2. The van der Waals surface area contributed by atoms with E-state index in [4.69, 9.17) is 10.2 Å². The van der Waals surface area contributed by atoms with Crippen molar-refractivity contribution in [2.45, 2.75) is 26.7 Å². The Kier molecular flexibility index (Phi) is 2.52. The summed E-state index contributed by atoms with van der Waals surface area (Å²) in [5.74, 6) is -3.46. The van der Waals surface area contributed by atoms with E-state index < -0.39 is 23.8 Å². The summed E-state index contributed by atoms with van der Waals surface area (Å²) in [5.41, 5.74) is 2.20. The fraction of sp³-hybridized carbons (Fsp3) is 0.667. The molecule has 0 amide bonds. The fourth-order valence-electron chi connectivity index (χ4n) is 3.58. The van der Waals surface area contributed by atoms with E-state index in [0.717, 1.165) is 24.0 Å². The van der Waals surface area contributed by atoms with Gasteiger partial charge in [0.1, 0.15) is 0 Å². The Morgan fingerprint density at radius 2 is 1.38 bits per heavy atom. The molecular formula is C12H16O4. The van der Waals surface area contributed by atoms with Crippen molar-refractivity contribution in [3.8, 4) is 0 Å². The molecule has 0 heterocycles. The molecule has 0 aliphatic heterocycles. The molecule has 0 spiro atoms. The minimum Gasteiger partial charge on any atom is -0.481 e. The lowest BCUT2D eigenvalue weighted by atomic mass is 9.79. The molecule has 16 heavy (non-hydrogen) atoms. The van der Waals surface area contributed by atoms with Gasteiger partial charge in [0.2, 0.25) is 0 Å². The summed E-state index contributed by atoms with van der Waals surface area (Å²) in [5, 5.41) is 18.3. The summed E-state index contributed by atoms with van der Waals surface area (Å²) < 4.78 is 0. The third-order valence-electron chi connectivity index (χ3n) is 3.99. The second-order valence-corrected chi connectivity index (χ2v) is 4.97. The first kappa shape index (κ1) is 11.2. The molecule has 2 saturated carbocycles. The predicted octanol–water partition coefficient (Wildman–Crippen LogP) is 1.76. The second-order valence-electron chi connectivity index (χ2n) is 4.97. The zero-order valence-corrected chi connectivity index (χ0v) is 9.43. The zero-order chi connectivity index (χ0) is 12.0. The Morgan fingerprint density at radius 1 is 1.00 bits per heavy atom. The molecule has 4 atom stereocenters. The summed E-state index contributed by atoms with van der Waals surface area (Å²) in [4.78, 5) is 22.4. The second kappa shape index (κ2) is 3.61. The van der Waals surface area contributed by atoms with Gasteiger partial charge in [0.05, 0.1) is 11.8 Å². The highest BCUT2D eigenvalue weighted by atomic mass is 16.4. The van der Waals surface area contributed by atoms with Crippen LogP contribution in [-0.2, 0) is 9.59 Å². The Bertz CT molecular complexity index is 348. The molecule has 4 nitrogen and oxygen atoms in total. The average molecular weight is 224 g/mol. The van der Waals surface area contributed by atoms with Gasteiger partial charge in [0, 0.05) is 0 Å². The summed E-state index contributed by atoms with van der Waals surface area (Å²) >= 11 is 0. The van der Waals surface area contributed by atoms with Crippen molar-refractivity contribution in [3.05, 3.63) is 11.1 Å². The normalized spacial score (nSPS) is 36.5. The van der Waals surface area contributed by atoms with E-state index in [9.17, 15) is 9.59 Å². The van der Waals surface area contributed by atoms with E-state index >= 15 is 0 Å². The Hall–Kier alpha value is -1.32. The molecule has 0 aromatic heterocycles. The van der Waals surface area contributed by atoms with Crippen molar-refractivity contribution in [3.63, 3.8) is 0 Å². The van der Waals surface area contributed by atoms with Crippen LogP contribution in [0, 0.1) is 23.7 Å².